The fraction of sp³-hybridized carbons (Fsp3) is 0.188. The van der Waals surface area contributed by atoms with Crippen LogP contribution in [0.25, 0.3) is 0 Å². The molecule has 0 aliphatic heterocycles. The van der Waals surface area contributed by atoms with Gasteiger partial charge in [-0.1, -0.05) is 35.9 Å². The molecule has 0 heterocycles. The number of rotatable bonds is 4. The van der Waals surface area contributed by atoms with Gasteiger partial charge < -0.3 is 10.1 Å². The van der Waals surface area contributed by atoms with E-state index < -0.39 is 0 Å². The van der Waals surface area contributed by atoms with Gasteiger partial charge in [-0.25, -0.2) is 0 Å². The summed E-state index contributed by atoms with van der Waals surface area (Å²) in [5, 5.41) is 3.31. The van der Waals surface area contributed by atoms with E-state index in [9.17, 15) is 4.79 Å². The highest BCUT2D eigenvalue weighted by Gasteiger charge is 2.09. The van der Waals surface area contributed by atoms with E-state index in [1.165, 1.54) is 0 Å². The van der Waals surface area contributed by atoms with Crippen molar-refractivity contribution in [1.29, 1.82) is 0 Å². The molecule has 2 rings (SSSR count). The molecule has 0 aromatic heterocycles. The first kappa shape index (κ1) is 14.4. The summed E-state index contributed by atoms with van der Waals surface area (Å²) in [6.45, 7) is 2.51. The van der Waals surface area contributed by atoms with E-state index >= 15 is 0 Å². The second kappa shape index (κ2) is 6.44. The normalized spacial score (nSPS) is 10.2. The summed E-state index contributed by atoms with van der Waals surface area (Å²) in [7, 11) is 1.54. The highest BCUT2D eigenvalue weighted by molar-refractivity contribution is 6.32. The van der Waals surface area contributed by atoms with Gasteiger partial charge in [-0.05, 0) is 36.2 Å². The van der Waals surface area contributed by atoms with Gasteiger partial charge in [0.25, 0.3) is 5.91 Å². The zero-order valence-electron chi connectivity index (χ0n) is 11.4. The van der Waals surface area contributed by atoms with Crippen LogP contribution in [-0.4, -0.2) is 13.0 Å². The molecule has 104 valence electrons. The van der Waals surface area contributed by atoms with E-state index in [1.54, 1.807) is 25.3 Å². The van der Waals surface area contributed by atoms with E-state index in [-0.39, 0.29) is 5.91 Å². The fourth-order valence-corrected chi connectivity index (χ4v) is 2.15. The molecular formula is C16H16ClNO2. The summed E-state index contributed by atoms with van der Waals surface area (Å²) >= 11 is 6.01. The largest absolute Gasteiger partial charge is 0.495 e. The number of benzene rings is 2. The van der Waals surface area contributed by atoms with Crippen molar-refractivity contribution in [2.45, 2.75) is 13.5 Å². The molecule has 0 saturated heterocycles. The van der Waals surface area contributed by atoms with E-state index in [4.69, 9.17) is 16.3 Å². The summed E-state index contributed by atoms with van der Waals surface area (Å²) < 4.78 is 5.06. The van der Waals surface area contributed by atoms with Gasteiger partial charge in [0.05, 0.1) is 12.1 Å². The lowest BCUT2D eigenvalue weighted by atomic mass is 10.1. The molecule has 0 radical (unpaired) electrons. The third-order valence-electron chi connectivity index (χ3n) is 3.11. The molecule has 1 amide bonds. The number of hydrogen-bond donors (Lipinski definition) is 1. The lowest BCUT2D eigenvalue weighted by Crippen LogP contribution is -2.23. The molecule has 0 aliphatic rings. The van der Waals surface area contributed by atoms with Crippen molar-refractivity contribution in [2.75, 3.05) is 7.11 Å². The van der Waals surface area contributed by atoms with Gasteiger partial charge in [-0.3, -0.25) is 4.79 Å². The summed E-state index contributed by atoms with van der Waals surface area (Å²) in [4.78, 5) is 12.1. The minimum Gasteiger partial charge on any atom is -0.495 e. The number of carbonyl (C=O) groups excluding carboxylic acids is 1. The smallest absolute Gasteiger partial charge is 0.251 e. The maximum Gasteiger partial charge on any atom is 0.251 e. The molecule has 4 heteroatoms. The molecule has 0 bridgehead atoms. The third-order valence-corrected chi connectivity index (χ3v) is 3.41. The molecule has 0 fully saturated rings. The van der Waals surface area contributed by atoms with Crippen LogP contribution in [0.1, 0.15) is 21.5 Å². The van der Waals surface area contributed by atoms with E-state index in [0.717, 1.165) is 11.1 Å². The highest BCUT2D eigenvalue weighted by atomic mass is 35.5. The Labute approximate surface area is 123 Å². The molecule has 0 unspecified atom stereocenters. The summed E-state index contributed by atoms with van der Waals surface area (Å²) in [6.07, 6.45) is 0. The Hall–Kier alpha value is -2.00. The number of nitrogens with one attached hydrogen (secondary N) is 1. The van der Waals surface area contributed by atoms with Crippen molar-refractivity contribution in [3.8, 4) is 5.75 Å². The zero-order valence-corrected chi connectivity index (χ0v) is 12.2. The molecule has 1 N–H and O–H groups in total. The molecule has 0 atom stereocenters. The quantitative estimate of drug-likeness (QED) is 0.934. The molecule has 0 saturated carbocycles. The molecule has 0 aliphatic carbocycles. The molecule has 2 aromatic carbocycles. The van der Waals surface area contributed by atoms with Crippen LogP contribution in [0.5, 0.6) is 5.75 Å². The van der Waals surface area contributed by atoms with Crippen LogP contribution in [0.3, 0.4) is 0 Å². The lowest BCUT2D eigenvalue weighted by Gasteiger charge is -2.09. The van der Waals surface area contributed by atoms with Crippen molar-refractivity contribution in [3.63, 3.8) is 0 Å². The van der Waals surface area contributed by atoms with Gasteiger partial charge in [-0.2, -0.15) is 0 Å². The average Bonchev–Trinajstić information content (AvgIpc) is 2.46. The lowest BCUT2D eigenvalue weighted by molar-refractivity contribution is 0.0951. The molecule has 0 spiro atoms. The summed E-state index contributed by atoms with van der Waals surface area (Å²) in [5.74, 6) is 0.403. The number of ether oxygens (including phenoxy) is 1. The maximum atomic E-state index is 12.1. The van der Waals surface area contributed by atoms with Gasteiger partial charge in [0.2, 0.25) is 0 Å². The second-order valence-electron chi connectivity index (χ2n) is 4.46. The standard InChI is InChI=1S/C16H16ClNO2/c1-11-5-3-4-6-13(11)10-18-16(19)12-7-8-15(20-2)14(17)9-12/h3-9H,10H2,1-2H3,(H,18,19). The van der Waals surface area contributed by atoms with Crippen molar-refractivity contribution < 1.29 is 9.53 Å². The number of methoxy groups -OCH3 is 1. The minimum atomic E-state index is -0.155. The highest BCUT2D eigenvalue weighted by Crippen LogP contribution is 2.24. The molecular weight excluding hydrogens is 274 g/mol. The second-order valence-corrected chi connectivity index (χ2v) is 4.87. The van der Waals surface area contributed by atoms with E-state index in [0.29, 0.717) is 22.9 Å². The number of halogens is 1. The average molecular weight is 290 g/mol. The van der Waals surface area contributed by atoms with Crippen molar-refractivity contribution >= 4 is 17.5 Å². The van der Waals surface area contributed by atoms with Crippen molar-refractivity contribution in [2.24, 2.45) is 0 Å². The first-order chi connectivity index (χ1) is 9.61. The Morgan fingerprint density at radius 3 is 2.65 bits per heavy atom. The van der Waals surface area contributed by atoms with Crippen molar-refractivity contribution in [1.82, 2.24) is 5.32 Å². The van der Waals surface area contributed by atoms with Gasteiger partial charge in [0.1, 0.15) is 5.75 Å². The number of hydrogen-bond acceptors (Lipinski definition) is 2. The van der Waals surface area contributed by atoms with Crippen LogP contribution in [0.2, 0.25) is 5.02 Å². The Kier molecular flexibility index (Phi) is 4.64. The maximum absolute atomic E-state index is 12.1. The predicted octanol–water partition coefficient (Wildman–Crippen LogP) is 3.59. The SMILES string of the molecule is COc1ccc(C(=O)NCc2ccccc2C)cc1Cl. The molecule has 20 heavy (non-hydrogen) atoms. The van der Waals surface area contributed by atoms with Crippen LogP contribution in [0.4, 0.5) is 0 Å². The minimum absolute atomic E-state index is 0.155. The van der Waals surface area contributed by atoms with Crippen LogP contribution >= 0.6 is 11.6 Å². The molecule has 2 aromatic rings. The Balaban J connectivity index is 2.05. The first-order valence-electron chi connectivity index (χ1n) is 6.28. The van der Waals surface area contributed by atoms with Crippen LogP contribution in [-0.2, 0) is 6.54 Å². The number of aryl methyl sites for hydroxylation is 1. The van der Waals surface area contributed by atoms with Gasteiger partial charge in [-0.15, -0.1) is 0 Å². The van der Waals surface area contributed by atoms with Crippen LogP contribution < -0.4 is 10.1 Å². The topological polar surface area (TPSA) is 38.3 Å². The first-order valence-corrected chi connectivity index (χ1v) is 6.66. The predicted molar refractivity (Wildman–Crippen MR) is 80.4 cm³/mol. The summed E-state index contributed by atoms with van der Waals surface area (Å²) in [6, 6.07) is 12.9. The van der Waals surface area contributed by atoms with Gasteiger partial charge >= 0.3 is 0 Å². The van der Waals surface area contributed by atoms with Crippen LogP contribution in [0.15, 0.2) is 42.5 Å². The summed E-state index contributed by atoms with van der Waals surface area (Å²) in [5.41, 5.74) is 2.77. The number of amides is 1. The van der Waals surface area contributed by atoms with Gasteiger partial charge in [0.15, 0.2) is 0 Å². The number of carbonyl (C=O) groups is 1. The fourth-order valence-electron chi connectivity index (χ4n) is 1.89. The van der Waals surface area contributed by atoms with Crippen molar-refractivity contribution in [3.05, 3.63) is 64.2 Å². The zero-order chi connectivity index (χ0) is 14.5. The molecule has 3 nitrogen and oxygen atoms in total. The van der Waals surface area contributed by atoms with E-state index in [1.807, 2.05) is 31.2 Å². The third kappa shape index (κ3) is 3.31. The van der Waals surface area contributed by atoms with Gasteiger partial charge in [0, 0.05) is 12.1 Å². The van der Waals surface area contributed by atoms with E-state index in [2.05, 4.69) is 5.32 Å². The van der Waals surface area contributed by atoms with Crippen LogP contribution in [0, 0.1) is 6.92 Å². The Morgan fingerprint density at radius 2 is 2.00 bits per heavy atom. The monoisotopic (exact) mass is 289 g/mol. The Morgan fingerprint density at radius 1 is 1.25 bits per heavy atom. The Bertz CT molecular complexity index is 626.